The van der Waals surface area contributed by atoms with Crippen LogP contribution in [0.15, 0.2) is 34.9 Å². The number of benzene rings is 1. The minimum absolute atomic E-state index is 0.277. The normalized spacial score (nSPS) is 10.5. The van der Waals surface area contributed by atoms with Crippen molar-refractivity contribution in [3.05, 3.63) is 47.6 Å². The summed E-state index contributed by atoms with van der Waals surface area (Å²) in [7, 11) is 1.58. The van der Waals surface area contributed by atoms with E-state index in [0.29, 0.717) is 23.8 Å². The summed E-state index contributed by atoms with van der Waals surface area (Å²) < 4.78 is 27.9. The van der Waals surface area contributed by atoms with Crippen molar-refractivity contribution in [3.8, 4) is 5.75 Å². The van der Waals surface area contributed by atoms with Crippen molar-refractivity contribution in [1.29, 1.82) is 0 Å². The van der Waals surface area contributed by atoms with E-state index in [2.05, 4.69) is 5.16 Å². The summed E-state index contributed by atoms with van der Waals surface area (Å²) in [6, 6.07) is 7.56. The van der Waals surface area contributed by atoms with Gasteiger partial charge in [-0.15, -0.1) is 0 Å². The van der Waals surface area contributed by atoms with E-state index in [4.69, 9.17) is 14.0 Å². The number of nitrogens with zero attached hydrogens (tertiary/aromatic N) is 1. The SMILES string of the molecule is COCc1cc(COc2ccc(F)cc2)no1. The van der Waals surface area contributed by atoms with Gasteiger partial charge in [0.2, 0.25) is 0 Å². The molecule has 0 bridgehead atoms. The van der Waals surface area contributed by atoms with Gasteiger partial charge in [0.25, 0.3) is 0 Å². The zero-order valence-corrected chi connectivity index (χ0v) is 9.35. The molecule has 1 aromatic carbocycles. The molecule has 17 heavy (non-hydrogen) atoms. The van der Waals surface area contributed by atoms with E-state index < -0.39 is 0 Å². The smallest absolute Gasteiger partial charge is 0.162 e. The number of hydrogen-bond donors (Lipinski definition) is 0. The quantitative estimate of drug-likeness (QED) is 0.801. The maximum absolute atomic E-state index is 12.6. The summed E-state index contributed by atoms with van der Waals surface area (Å²) in [5, 5.41) is 3.81. The minimum atomic E-state index is -0.291. The molecule has 90 valence electrons. The Bertz CT molecular complexity index is 467. The van der Waals surface area contributed by atoms with Gasteiger partial charge in [0.15, 0.2) is 5.76 Å². The molecule has 0 saturated carbocycles. The van der Waals surface area contributed by atoms with E-state index in [1.54, 1.807) is 25.3 Å². The van der Waals surface area contributed by atoms with Gasteiger partial charge in [-0.25, -0.2) is 4.39 Å². The molecule has 0 N–H and O–H groups in total. The van der Waals surface area contributed by atoms with Crippen LogP contribution in [0.5, 0.6) is 5.75 Å². The number of rotatable bonds is 5. The maximum atomic E-state index is 12.6. The molecule has 0 radical (unpaired) electrons. The van der Waals surface area contributed by atoms with Crippen molar-refractivity contribution >= 4 is 0 Å². The number of aromatic nitrogens is 1. The monoisotopic (exact) mass is 237 g/mol. The predicted octanol–water partition coefficient (Wildman–Crippen LogP) is 2.54. The zero-order chi connectivity index (χ0) is 12.1. The lowest BCUT2D eigenvalue weighted by Crippen LogP contribution is -1.95. The highest BCUT2D eigenvalue weighted by Crippen LogP contribution is 2.13. The van der Waals surface area contributed by atoms with Gasteiger partial charge in [-0.1, -0.05) is 5.16 Å². The second-order valence-corrected chi connectivity index (χ2v) is 3.46. The molecule has 1 aromatic heterocycles. The van der Waals surface area contributed by atoms with Crippen molar-refractivity contribution in [2.24, 2.45) is 0 Å². The number of ether oxygens (including phenoxy) is 2. The molecule has 0 aliphatic heterocycles. The molecule has 2 aromatic rings. The van der Waals surface area contributed by atoms with Crippen molar-refractivity contribution in [2.45, 2.75) is 13.2 Å². The Morgan fingerprint density at radius 2 is 2.00 bits per heavy atom. The van der Waals surface area contributed by atoms with Crippen molar-refractivity contribution in [3.63, 3.8) is 0 Å². The molecule has 1 heterocycles. The fraction of sp³-hybridized carbons (Fsp3) is 0.250. The second kappa shape index (κ2) is 5.45. The molecule has 0 aliphatic carbocycles. The van der Waals surface area contributed by atoms with Crippen LogP contribution in [0.2, 0.25) is 0 Å². The largest absolute Gasteiger partial charge is 0.487 e. The third-order valence-corrected chi connectivity index (χ3v) is 2.09. The van der Waals surface area contributed by atoms with Crippen LogP contribution in [0, 0.1) is 5.82 Å². The van der Waals surface area contributed by atoms with E-state index in [9.17, 15) is 4.39 Å². The van der Waals surface area contributed by atoms with Crippen LogP contribution in [0.4, 0.5) is 4.39 Å². The van der Waals surface area contributed by atoms with E-state index in [0.717, 1.165) is 0 Å². The highest BCUT2D eigenvalue weighted by Gasteiger charge is 2.04. The molecular formula is C12H12FNO3. The Kier molecular flexibility index (Phi) is 3.72. The van der Waals surface area contributed by atoms with Crippen LogP contribution in [0.25, 0.3) is 0 Å². The van der Waals surface area contributed by atoms with Crippen molar-refractivity contribution in [2.75, 3.05) is 7.11 Å². The lowest BCUT2D eigenvalue weighted by atomic mass is 10.3. The Hall–Kier alpha value is -1.88. The third kappa shape index (κ3) is 3.29. The summed E-state index contributed by atoms with van der Waals surface area (Å²) in [5.41, 5.74) is 0.668. The standard InChI is InChI=1S/C12H12FNO3/c1-15-8-12-6-10(14-17-12)7-16-11-4-2-9(13)3-5-11/h2-6H,7-8H2,1H3. The average Bonchev–Trinajstić information content (AvgIpc) is 2.77. The van der Waals surface area contributed by atoms with E-state index in [-0.39, 0.29) is 12.4 Å². The van der Waals surface area contributed by atoms with E-state index in [1.807, 2.05) is 0 Å². The van der Waals surface area contributed by atoms with Gasteiger partial charge in [0.05, 0.1) is 0 Å². The van der Waals surface area contributed by atoms with Crippen molar-refractivity contribution < 1.29 is 18.4 Å². The first-order valence-electron chi connectivity index (χ1n) is 5.09. The summed E-state index contributed by atoms with van der Waals surface area (Å²) in [6.45, 7) is 0.655. The van der Waals surface area contributed by atoms with Crippen LogP contribution in [0.3, 0.4) is 0 Å². The highest BCUT2D eigenvalue weighted by molar-refractivity contribution is 5.22. The molecule has 0 spiro atoms. The zero-order valence-electron chi connectivity index (χ0n) is 9.35. The molecule has 5 heteroatoms. The molecule has 0 amide bonds. The number of hydrogen-bond acceptors (Lipinski definition) is 4. The molecular weight excluding hydrogens is 225 g/mol. The Labute approximate surface area is 97.9 Å². The van der Waals surface area contributed by atoms with Gasteiger partial charge in [0.1, 0.15) is 30.5 Å². The van der Waals surface area contributed by atoms with Crippen LogP contribution in [-0.2, 0) is 18.0 Å². The molecule has 2 rings (SSSR count). The highest BCUT2D eigenvalue weighted by atomic mass is 19.1. The minimum Gasteiger partial charge on any atom is -0.487 e. The van der Waals surface area contributed by atoms with Gasteiger partial charge >= 0.3 is 0 Å². The fourth-order valence-corrected chi connectivity index (χ4v) is 1.32. The summed E-state index contributed by atoms with van der Waals surface area (Å²) in [5.74, 6) is 0.939. The molecule has 0 fully saturated rings. The Morgan fingerprint density at radius 3 is 2.71 bits per heavy atom. The molecule has 0 atom stereocenters. The lowest BCUT2D eigenvalue weighted by Gasteiger charge is -2.02. The lowest BCUT2D eigenvalue weighted by molar-refractivity contribution is 0.155. The van der Waals surface area contributed by atoms with E-state index in [1.165, 1.54) is 12.1 Å². The number of halogens is 1. The van der Waals surface area contributed by atoms with Crippen LogP contribution >= 0.6 is 0 Å². The average molecular weight is 237 g/mol. The molecule has 4 nitrogen and oxygen atoms in total. The van der Waals surface area contributed by atoms with Gasteiger partial charge in [0, 0.05) is 13.2 Å². The molecule has 0 aliphatic rings. The van der Waals surface area contributed by atoms with Gasteiger partial charge < -0.3 is 14.0 Å². The van der Waals surface area contributed by atoms with Gasteiger partial charge in [-0.2, -0.15) is 0 Å². The summed E-state index contributed by atoms with van der Waals surface area (Å²) in [4.78, 5) is 0. The Balaban J connectivity index is 1.90. The summed E-state index contributed by atoms with van der Waals surface area (Å²) >= 11 is 0. The molecule has 0 unspecified atom stereocenters. The van der Waals surface area contributed by atoms with Crippen molar-refractivity contribution in [1.82, 2.24) is 5.16 Å². The Morgan fingerprint density at radius 1 is 1.24 bits per heavy atom. The summed E-state index contributed by atoms with van der Waals surface area (Å²) in [6.07, 6.45) is 0. The number of methoxy groups -OCH3 is 1. The van der Waals surface area contributed by atoms with Crippen LogP contribution in [-0.4, -0.2) is 12.3 Å². The maximum Gasteiger partial charge on any atom is 0.162 e. The topological polar surface area (TPSA) is 44.5 Å². The molecule has 0 saturated heterocycles. The first-order valence-corrected chi connectivity index (χ1v) is 5.09. The van der Waals surface area contributed by atoms with E-state index >= 15 is 0 Å². The van der Waals surface area contributed by atoms with Crippen LogP contribution < -0.4 is 4.74 Å². The second-order valence-electron chi connectivity index (χ2n) is 3.46. The van der Waals surface area contributed by atoms with Crippen LogP contribution in [0.1, 0.15) is 11.5 Å². The predicted molar refractivity (Wildman–Crippen MR) is 57.9 cm³/mol. The first-order chi connectivity index (χ1) is 8.28. The third-order valence-electron chi connectivity index (χ3n) is 2.09. The van der Waals surface area contributed by atoms with Gasteiger partial charge in [-0.3, -0.25) is 0 Å². The van der Waals surface area contributed by atoms with Gasteiger partial charge in [-0.05, 0) is 24.3 Å². The first kappa shape index (κ1) is 11.6. The fourth-order valence-electron chi connectivity index (χ4n) is 1.32.